The molecule has 2 amide bonds. The Bertz CT molecular complexity index is 809. The molecule has 0 atom stereocenters. The standard InChI is InChI=1S/C16H21ClN6O3/c1-3-22-15(16(25)21-4-6-26-7-5-21)13(9-19-22)20-14(24)10-23-11(2)12(17)8-18-23/h8-9H,3-7,10H2,1-2H3,(H,20,24). The van der Waals surface area contributed by atoms with Gasteiger partial charge in [-0.1, -0.05) is 11.6 Å². The van der Waals surface area contributed by atoms with Gasteiger partial charge in [0, 0.05) is 19.6 Å². The van der Waals surface area contributed by atoms with Crippen molar-refractivity contribution >= 4 is 29.1 Å². The molecule has 0 spiro atoms. The molecule has 10 heteroatoms. The van der Waals surface area contributed by atoms with Crippen LogP contribution in [0.25, 0.3) is 0 Å². The highest BCUT2D eigenvalue weighted by atomic mass is 35.5. The summed E-state index contributed by atoms with van der Waals surface area (Å²) in [5.74, 6) is -0.471. The summed E-state index contributed by atoms with van der Waals surface area (Å²) in [4.78, 5) is 27.0. The normalized spacial score (nSPS) is 14.5. The molecule has 9 nitrogen and oxygen atoms in total. The van der Waals surface area contributed by atoms with Crippen molar-refractivity contribution in [2.75, 3.05) is 31.6 Å². The lowest BCUT2D eigenvalue weighted by molar-refractivity contribution is -0.116. The molecule has 2 aromatic rings. The Morgan fingerprint density at radius 2 is 1.92 bits per heavy atom. The number of aromatic nitrogens is 4. The van der Waals surface area contributed by atoms with E-state index in [2.05, 4.69) is 15.5 Å². The molecule has 26 heavy (non-hydrogen) atoms. The van der Waals surface area contributed by atoms with Crippen LogP contribution in [0.15, 0.2) is 12.4 Å². The molecule has 1 N–H and O–H groups in total. The molecule has 3 heterocycles. The first-order chi connectivity index (χ1) is 12.5. The number of ether oxygens (including phenoxy) is 1. The van der Waals surface area contributed by atoms with Gasteiger partial charge in [-0.05, 0) is 13.8 Å². The highest BCUT2D eigenvalue weighted by molar-refractivity contribution is 6.31. The minimum absolute atomic E-state index is 0.00103. The van der Waals surface area contributed by atoms with Crippen LogP contribution in [0, 0.1) is 6.92 Å². The summed E-state index contributed by atoms with van der Waals surface area (Å²) in [6.45, 7) is 6.25. The Hall–Kier alpha value is -2.39. The second-order valence-corrected chi connectivity index (χ2v) is 6.32. The maximum absolute atomic E-state index is 12.9. The minimum Gasteiger partial charge on any atom is -0.378 e. The van der Waals surface area contributed by atoms with Gasteiger partial charge < -0.3 is 15.0 Å². The molecule has 2 aromatic heterocycles. The predicted octanol–water partition coefficient (Wildman–Crippen LogP) is 1.17. The summed E-state index contributed by atoms with van der Waals surface area (Å²) in [6, 6.07) is 0. The SMILES string of the molecule is CCn1ncc(NC(=O)Cn2ncc(Cl)c2C)c1C(=O)N1CCOCC1. The van der Waals surface area contributed by atoms with Gasteiger partial charge in [0.1, 0.15) is 12.2 Å². The van der Waals surface area contributed by atoms with Crippen LogP contribution in [0.5, 0.6) is 0 Å². The first-order valence-corrected chi connectivity index (χ1v) is 8.79. The van der Waals surface area contributed by atoms with Crippen molar-refractivity contribution in [3.05, 3.63) is 28.8 Å². The zero-order valence-electron chi connectivity index (χ0n) is 14.7. The van der Waals surface area contributed by atoms with Crippen LogP contribution in [-0.4, -0.2) is 62.6 Å². The summed E-state index contributed by atoms with van der Waals surface area (Å²) in [7, 11) is 0. The predicted molar refractivity (Wildman–Crippen MR) is 95.2 cm³/mol. The zero-order valence-corrected chi connectivity index (χ0v) is 15.5. The van der Waals surface area contributed by atoms with Gasteiger partial charge in [0.2, 0.25) is 5.91 Å². The maximum Gasteiger partial charge on any atom is 0.274 e. The molecule has 0 aliphatic carbocycles. The second-order valence-electron chi connectivity index (χ2n) is 5.91. The highest BCUT2D eigenvalue weighted by Crippen LogP contribution is 2.19. The van der Waals surface area contributed by atoms with Gasteiger partial charge in [-0.2, -0.15) is 10.2 Å². The van der Waals surface area contributed by atoms with Gasteiger partial charge in [-0.3, -0.25) is 19.0 Å². The van der Waals surface area contributed by atoms with Crippen LogP contribution in [0.1, 0.15) is 23.1 Å². The van der Waals surface area contributed by atoms with Crippen molar-refractivity contribution in [2.45, 2.75) is 26.9 Å². The van der Waals surface area contributed by atoms with Crippen molar-refractivity contribution in [1.29, 1.82) is 0 Å². The van der Waals surface area contributed by atoms with E-state index in [-0.39, 0.29) is 18.4 Å². The van der Waals surface area contributed by atoms with E-state index in [1.54, 1.807) is 16.5 Å². The van der Waals surface area contributed by atoms with E-state index in [4.69, 9.17) is 16.3 Å². The first-order valence-electron chi connectivity index (χ1n) is 8.41. The Morgan fingerprint density at radius 1 is 1.23 bits per heavy atom. The number of halogens is 1. The molecule has 1 aliphatic rings. The maximum atomic E-state index is 12.9. The number of nitrogens with zero attached hydrogens (tertiary/aromatic N) is 5. The third-order valence-corrected chi connectivity index (χ3v) is 4.62. The lowest BCUT2D eigenvalue weighted by atomic mass is 10.2. The fourth-order valence-electron chi connectivity index (χ4n) is 2.77. The summed E-state index contributed by atoms with van der Waals surface area (Å²) < 4.78 is 8.38. The number of hydrogen-bond acceptors (Lipinski definition) is 5. The van der Waals surface area contributed by atoms with E-state index in [1.807, 2.05) is 6.92 Å². The van der Waals surface area contributed by atoms with Crippen molar-refractivity contribution in [3.8, 4) is 0 Å². The molecule has 140 valence electrons. The third kappa shape index (κ3) is 3.73. The quantitative estimate of drug-likeness (QED) is 0.840. The topological polar surface area (TPSA) is 94.3 Å². The van der Waals surface area contributed by atoms with Gasteiger partial charge >= 0.3 is 0 Å². The number of carbonyl (C=O) groups excluding carboxylic acids is 2. The number of aryl methyl sites for hydroxylation is 1. The van der Waals surface area contributed by atoms with Gasteiger partial charge in [0.15, 0.2) is 0 Å². The van der Waals surface area contributed by atoms with Crippen LogP contribution in [0.4, 0.5) is 5.69 Å². The number of morpholine rings is 1. The number of carbonyl (C=O) groups is 2. The van der Waals surface area contributed by atoms with Crippen LogP contribution < -0.4 is 5.32 Å². The number of anilines is 1. The largest absolute Gasteiger partial charge is 0.378 e. The monoisotopic (exact) mass is 380 g/mol. The summed E-state index contributed by atoms with van der Waals surface area (Å²) in [5.41, 5.74) is 1.47. The van der Waals surface area contributed by atoms with Gasteiger partial charge in [-0.15, -0.1) is 0 Å². The zero-order chi connectivity index (χ0) is 18.7. The molecule has 3 rings (SSSR count). The first kappa shape index (κ1) is 18.4. The molecule has 0 bridgehead atoms. The summed E-state index contributed by atoms with van der Waals surface area (Å²) >= 11 is 5.96. The molecular weight excluding hydrogens is 360 g/mol. The smallest absolute Gasteiger partial charge is 0.274 e. The van der Waals surface area contributed by atoms with Crippen LogP contribution in [-0.2, 0) is 22.6 Å². The van der Waals surface area contributed by atoms with E-state index in [1.165, 1.54) is 17.1 Å². The Kier molecular flexibility index (Phi) is 5.58. The lowest BCUT2D eigenvalue weighted by Gasteiger charge is -2.27. The molecule has 1 aliphatic heterocycles. The van der Waals surface area contributed by atoms with Crippen molar-refractivity contribution in [1.82, 2.24) is 24.5 Å². The lowest BCUT2D eigenvalue weighted by Crippen LogP contribution is -2.41. The van der Waals surface area contributed by atoms with E-state index >= 15 is 0 Å². The van der Waals surface area contributed by atoms with Gasteiger partial charge in [0.05, 0.1) is 42.0 Å². The highest BCUT2D eigenvalue weighted by Gasteiger charge is 2.26. The van der Waals surface area contributed by atoms with Crippen LogP contribution in [0.2, 0.25) is 5.02 Å². The number of hydrogen-bond donors (Lipinski definition) is 1. The fourth-order valence-corrected chi connectivity index (χ4v) is 2.91. The minimum atomic E-state index is -0.306. The molecule has 0 saturated carbocycles. The molecular formula is C16H21ClN6O3. The van der Waals surface area contributed by atoms with Crippen molar-refractivity contribution in [2.24, 2.45) is 0 Å². The Labute approximate surface area is 155 Å². The molecule has 0 radical (unpaired) electrons. The third-order valence-electron chi connectivity index (χ3n) is 4.25. The molecule has 0 unspecified atom stereocenters. The number of nitrogens with one attached hydrogen (secondary N) is 1. The van der Waals surface area contributed by atoms with Crippen molar-refractivity contribution < 1.29 is 14.3 Å². The Balaban J connectivity index is 1.77. The molecule has 1 fully saturated rings. The van der Waals surface area contributed by atoms with E-state index < -0.39 is 0 Å². The fraction of sp³-hybridized carbons (Fsp3) is 0.500. The Morgan fingerprint density at radius 3 is 2.54 bits per heavy atom. The second kappa shape index (κ2) is 7.88. The molecule has 0 aromatic carbocycles. The van der Waals surface area contributed by atoms with E-state index in [0.29, 0.717) is 54.9 Å². The van der Waals surface area contributed by atoms with Crippen LogP contribution >= 0.6 is 11.6 Å². The van der Waals surface area contributed by atoms with Crippen molar-refractivity contribution in [3.63, 3.8) is 0 Å². The van der Waals surface area contributed by atoms with Crippen LogP contribution in [0.3, 0.4) is 0 Å². The number of rotatable bonds is 5. The van der Waals surface area contributed by atoms with Gasteiger partial charge in [0.25, 0.3) is 5.91 Å². The number of amides is 2. The molecule has 1 saturated heterocycles. The average Bonchev–Trinajstić information content (AvgIpc) is 3.19. The van der Waals surface area contributed by atoms with E-state index in [0.717, 1.165) is 0 Å². The summed E-state index contributed by atoms with van der Waals surface area (Å²) in [5, 5.41) is 11.5. The van der Waals surface area contributed by atoms with Gasteiger partial charge in [-0.25, -0.2) is 0 Å². The summed E-state index contributed by atoms with van der Waals surface area (Å²) in [6.07, 6.45) is 2.99. The van der Waals surface area contributed by atoms with E-state index in [9.17, 15) is 9.59 Å². The average molecular weight is 381 g/mol.